The summed E-state index contributed by atoms with van der Waals surface area (Å²) in [5, 5.41) is 9.36. The zero-order valence-corrected chi connectivity index (χ0v) is 6.16. The highest BCUT2D eigenvalue weighted by atomic mass is 16.3. The largest absolute Gasteiger partial charge is 0.393 e. The molecule has 2 aliphatic rings. The lowest BCUT2D eigenvalue weighted by atomic mass is 10.0. The van der Waals surface area contributed by atoms with Crippen LogP contribution in [0.4, 0.5) is 0 Å². The highest BCUT2D eigenvalue weighted by Crippen LogP contribution is 2.45. The molecular formula is C9H14O. The van der Waals surface area contributed by atoms with E-state index < -0.39 is 0 Å². The van der Waals surface area contributed by atoms with Crippen LogP contribution in [0.15, 0.2) is 12.2 Å². The summed E-state index contributed by atoms with van der Waals surface area (Å²) in [5.74, 6) is 1.78. The molecule has 0 aromatic heterocycles. The molecule has 1 heteroatoms. The molecule has 2 rings (SSSR count). The third kappa shape index (κ3) is 1.24. The summed E-state index contributed by atoms with van der Waals surface area (Å²) < 4.78 is 0. The molecule has 0 aliphatic heterocycles. The van der Waals surface area contributed by atoms with Gasteiger partial charge in [0.2, 0.25) is 0 Å². The van der Waals surface area contributed by atoms with Gasteiger partial charge in [-0.3, -0.25) is 0 Å². The standard InChI is InChI=1S/C9H14O/c10-9-4-2-1-3-7-5-8(7)6-9/h1-2,7-10H,3-6H2/b2-1-/t7-,8-,9-/m0/s1. The van der Waals surface area contributed by atoms with E-state index in [0.717, 1.165) is 24.7 Å². The van der Waals surface area contributed by atoms with Crippen molar-refractivity contribution in [3.63, 3.8) is 0 Å². The normalized spacial score (nSPS) is 48.7. The second-order valence-electron chi connectivity index (χ2n) is 3.59. The Hall–Kier alpha value is -0.300. The number of hydrogen-bond acceptors (Lipinski definition) is 1. The van der Waals surface area contributed by atoms with Crippen molar-refractivity contribution in [1.29, 1.82) is 0 Å². The number of aliphatic hydroxyl groups excluding tert-OH is 1. The molecule has 10 heavy (non-hydrogen) atoms. The Balaban J connectivity index is 1.97. The lowest BCUT2D eigenvalue weighted by Crippen LogP contribution is -2.07. The van der Waals surface area contributed by atoms with Gasteiger partial charge in [0, 0.05) is 0 Å². The smallest absolute Gasteiger partial charge is 0.0577 e. The van der Waals surface area contributed by atoms with Crippen LogP contribution in [0.1, 0.15) is 25.7 Å². The van der Waals surface area contributed by atoms with Crippen LogP contribution in [-0.4, -0.2) is 11.2 Å². The highest BCUT2D eigenvalue weighted by molar-refractivity contribution is 4.98. The predicted octanol–water partition coefficient (Wildman–Crippen LogP) is 1.72. The van der Waals surface area contributed by atoms with Crippen molar-refractivity contribution >= 4 is 0 Å². The van der Waals surface area contributed by atoms with Crippen LogP contribution in [0.5, 0.6) is 0 Å². The van der Waals surface area contributed by atoms with Gasteiger partial charge in [0.05, 0.1) is 6.10 Å². The molecule has 1 fully saturated rings. The van der Waals surface area contributed by atoms with Gasteiger partial charge >= 0.3 is 0 Å². The average Bonchev–Trinajstić information content (AvgIpc) is 2.54. The molecule has 0 spiro atoms. The van der Waals surface area contributed by atoms with E-state index in [1.807, 2.05) is 0 Å². The van der Waals surface area contributed by atoms with E-state index in [9.17, 15) is 5.11 Å². The first kappa shape index (κ1) is 6.41. The van der Waals surface area contributed by atoms with Gasteiger partial charge in [0.25, 0.3) is 0 Å². The monoisotopic (exact) mass is 138 g/mol. The Labute approximate surface area is 61.8 Å². The van der Waals surface area contributed by atoms with Crippen molar-refractivity contribution in [3.8, 4) is 0 Å². The first-order chi connectivity index (χ1) is 4.86. The molecule has 0 heterocycles. The Kier molecular flexibility index (Phi) is 1.53. The van der Waals surface area contributed by atoms with Gasteiger partial charge in [0.15, 0.2) is 0 Å². The van der Waals surface area contributed by atoms with Crippen LogP contribution in [0.3, 0.4) is 0 Å². The van der Waals surface area contributed by atoms with E-state index in [0.29, 0.717) is 0 Å². The van der Waals surface area contributed by atoms with E-state index in [1.165, 1.54) is 12.8 Å². The summed E-state index contributed by atoms with van der Waals surface area (Å²) in [6, 6.07) is 0. The van der Waals surface area contributed by atoms with Crippen molar-refractivity contribution in [2.45, 2.75) is 31.8 Å². The zero-order chi connectivity index (χ0) is 6.97. The lowest BCUT2D eigenvalue weighted by Gasteiger charge is -2.08. The molecule has 1 nitrogen and oxygen atoms in total. The summed E-state index contributed by atoms with van der Waals surface area (Å²) in [6.07, 6.45) is 8.86. The topological polar surface area (TPSA) is 20.2 Å². The summed E-state index contributed by atoms with van der Waals surface area (Å²) in [6.45, 7) is 0. The van der Waals surface area contributed by atoms with Crippen molar-refractivity contribution in [1.82, 2.24) is 0 Å². The quantitative estimate of drug-likeness (QED) is 0.505. The first-order valence-corrected chi connectivity index (χ1v) is 4.19. The maximum Gasteiger partial charge on any atom is 0.0577 e. The molecule has 0 radical (unpaired) electrons. The molecule has 0 saturated heterocycles. The van der Waals surface area contributed by atoms with Gasteiger partial charge in [-0.25, -0.2) is 0 Å². The molecular weight excluding hydrogens is 124 g/mol. The average molecular weight is 138 g/mol. The van der Waals surface area contributed by atoms with Crippen molar-refractivity contribution in [3.05, 3.63) is 12.2 Å². The van der Waals surface area contributed by atoms with E-state index in [2.05, 4.69) is 12.2 Å². The van der Waals surface area contributed by atoms with E-state index in [4.69, 9.17) is 0 Å². The van der Waals surface area contributed by atoms with Gasteiger partial charge in [-0.2, -0.15) is 0 Å². The van der Waals surface area contributed by atoms with Crippen LogP contribution >= 0.6 is 0 Å². The molecule has 56 valence electrons. The fraction of sp³-hybridized carbons (Fsp3) is 0.778. The Bertz CT molecular complexity index is 151. The van der Waals surface area contributed by atoms with Crippen LogP contribution < -0.4 is 0 Å². The number of rotatable bonds is 0. The van der Waals surface area contributed by atoms with Crippen molar-refractivity contribution in [2.24, 2.45) is 11.8 Å². The Morgan fingerprint density at radius 1 is 1.00 bits per heavy atom. The third-order valence-corrected chi connectivity index (χ3v) is 2.66. The summed E-state index contributed by atoms with van der Waals surface area (Å²) in [4.78, 5) is 0. The number of allylic oxidation sites excluding steroid dienone is 1. The van der Waals surface area contributed by atoms with Gasteiger partial charge in [-0.1, -0.05) is 12.2 Å². The first-order valence-electron chi connectivity index (χ1n) is 4.19. The van der Waals surface area contributed by atoms with E-state index >= 15 is 0 Å². The second kappa shape index (κ2) is 2.39. The van der Waals surface area contributed by atoms with Crippen LogP contribution in [0.2, 0.25) is 0 Å². The maximum atomic E-state index is 9.36. The third-order valence-electron chi connectivity index (χ3n) is 2.66. The fourth-order valence-electron chi connectivity index (χ4n) is 1.86. The van der Waals surface area contributed by atoms with Crippen LogP contribution in [-0.2, 0) is 0 Å². The number of hydrogen-bond donors (Lipinski definition) is 1. The minimum atomic E-state index is -0.0495. The molecule has 2 aliphatic carbocycles. The SMILES string of the molecule is O[C@H]1C/C=C\C[C@H]2C[C@H]2C1. The molecule has 0 unspecified atom stereocenters. The van der Waals surface area contributed by atoms with Crippen LogP contribution in [0, 0.1) is 11.8 Å². The highest BCUT2D eigenvalue weighted by Gasteiger charge is 2.37. The Morgan fingerprint density at radius 2 is 1.80 bits per heavy atom. The van der Waals surface area contributed by atoms with Gasteiger partial charge in [-0.15, -0.1) is 0 Å². The fourth-order valence-corrected chi connectivity index (χ4v) is 1.86. The number of aliphatic hydroxyl groups is 1. The van der Waals surface area contributed by atoms with Gasteiger partial charge in [0.1, 0.15) is 0 Å². The Morgan fingerprint density at radius 3 is 2.70 bits per heavy atom. The van der Waals surface area contributed by atoms with Crippen molar-refractivity contribution in [2.75, 3.05) is 0 Å². The minimum absolute atomic E-state index is 0.0495. The summed E-state index contributed by atoms with van der Waals surface area (Å²) >= 11 is 0. The van der Waals surface area contributed by atoms with Crippen molar-refractivity contribution < 1.29 is 5.11 Å². The molecule has 0 bridgehead atoms. The zero-order valence-electron chi connectivity index (χ0n) is 6.16. The van der Waals surface area contributed by atoms with E-state index in [-0.39, 0.29) is 6.10 Å². The molecule has 0 aromatic carbocycles. The molecule has 0 aromatic rings. The molecule has 3 atom stereocenters. The lowest BCUT2D eigenvalue weighted by molar-refractivity contribution is 0.157. The van der Waals surface area contributed by atoms with Gasteiger partial charge in [-0.05, 0) is 37.5 Å². The molecule has 1 saturated carbocycles. The molecule has 1 N–H and O–H groups in total. The summed E-state index contributed by atoms with van der Waals surface area (Å²) in [7, 11) is 0. The van der Waals surface area contributed by atoms with Crippen LogP contribution in [0.25, 0.3) is 0 Å². The van der Waals surface area contributed by atoms with E-state index in [1.54, 1.807) is 0 Å². The number of fused-ring (bicyclic) bond motifs is 1. The molecule has 0 amide bonds. The second-order valence-corrected chi connectivity index (χ2v) is 3.59. The minimum Gasteiger partial charge on any atom is -0.393 e. The van der Waals surface area contributed by atoms with Gasteiger partial charge < -0.3 is 5.11 Å². The summed E-state index contributed by atoms with van der Waals surface area (Å²) in [5.41, 5.74) is 0. The maximum absolute atomic E-state index is 9.36. The predicted molar refractivity (Wildman–Crippen MR) is 40.6 cm³/mol.